The molecule has 0 aliphatic heterocycles. The first-order valence-electron chi connectivity index (χ1n) is 3.22. The van der Waals surface area contributed by atoms with Crippen molar-refractivity contribution in [3.63, 3.8) is 0 Å². The van der Waals surface area contributed by atoms with Gasteiger partial charge in [0.15, 0.2) is 0 Å². The summed E-state index contributed by atoms with van der Waals surface area (Å²) in [5.41, 5.74) is 1.19. The van der Waals surface area contributed by atoms with Crippen LogP contribution in [-0.2, 0) is 0 Å². The largest absolute Gasteiger partial charge is 0.385 e. The number of nitrogens with one attached hydrogen (secondary N) is 1. The number of rotatable bonds is 2. The molecule has 54 valence electrons. The van der Waals surface area contributed by atoms with Gasteiger partial charge in [0.2, 0.25) is 0 Å². The summed E-state index contributed by atoms with van der Waals surface area (Å²) in [5.74, 6) is 0. The maximum atomic E-state index is 3.21. The lowest BCUT2D eigenvalue weighted by Gasteiger charge is -1.99. The van der Waals surface area contributed by atoms with Crippen LogP contribution in [0.3, 0.4) is 0 Å². The van der Waals surface area contributed by atoms with Gasteiger partial charge in [0.1, 0.15) is 0 Å². The van der Waals surface area contributed by atoms with E-state index in [2.05, 4.69) is 24.4 Å². The van der Waals surface area contributed by atoms with E-state index in [9.17, 15) is 0 Å². The van der Waals surface area contributed by atoms with Crippen LogP contribution in [0.5, 0.6) is 0 Å². The van der Waals surface area contributed by atoms with E-state index in [0.29, 0.717) is 0 Å². The number of para-hydroxylation sites is 1. The Morgan fingerprint density at radius 1 is 1.20 bits per heavy atom. The third-order valence-electron chi connectivity index (χ3n) is 1.15. The minimum Gasteiger partial charge on any atom is -0.385 e. The lowest BCUT2D eigenvalue weighted by atomic mass is 10.3. The van der Waals surface area contributed by atoms with Crippen LogP contribution >= 0.6 is 0 Å². The van der Waals surface area contributed by atoms with Crippen LogP contribution in [0.2, 0.25) is 0 Å². The SMILES string of the molecule is B.CCNc1ccccc1. The number of hydrogen-bond acceptors (Lipinski definition) is 1. The first-order valence-corrected chi connectivity index (χ1v) is 3.22. The molecule has 0 aliphatic rings. The van der Waals surface area contributed by atoms with Gasteiger partial charge < -0.3 is 5.32 Å². The average molecular weight is 135 g/mol. The molecule has 1 nitrogen and oxygen atoms in total. The van der Waals surface area contributed by atoms with Crippen molar-refractivity contribution in [2.45, 2.75) is 6.92 Å². The third kappa shape index (κ3) is 2.58. The smallest absolute Gasteiger partial charge is 0.0814 e. The zero-order valence-corrected chi connectivity index (χ0v) is 5.59. The number of benzene rings is 1. The summed E-state index contributed by atoms with van der Waals surface area (Å²) in [4.78, 5) is 0. The van der Waals surface area contributed by atoms with Gasteiger partial charge in [0.25, 0.3) is 0 Å². The van der Waals surface area contributed by atoms with Crippen molar-refractivity contribution in [1.29, 1.82) is 0 Å². The Bertz CT molecular complexity index is 162. The van der Waals surface area contributed by atoms with Gasteiger partial charge in [0, 0.05) is 12.2 Å². The van der Waals surface area contributed by atoms with Gasteiger partial charge in [-0.05, 0) is 19.1 Å². The molecular weight excluding hydrogens is 121 g/mol. The molecule has 0 fully saturated rings. The summed E-state index contributed by atoms with van der Waals surface area (Å²) in [6, 6.07) is 10.2. The highest BCUT2D eigenvalue weighted by Crippen LogP contribution is 2.02. The van der Waals surface area contributed by atoms with Crippen molar-refractivity contribution in [2.75, 3.05) is 11.9 Å². The lowest BCUT2D eigenvalue weighted by molar-refractivity contribution is 1.21. The fourth-order valence-corrected chi connectivity index (χ4v) is 0.760. The predicted molar refractivity (Wildman–Crippen MR) is 50.5 cm³/mol. The van der Waals surface area contributed by atoms with Crippen molar-refractivity contribution in [2.24, 2.45) is 0 Å². The Morgan fingerprint density at radius 2 is 1.80 bits per heavy atom. The van der Waals surface area contributed by atoms with E-state index in [4.69, 9.17) is 0 Å². The van der Waals surface area contributed by atoms with Gasteiger partial charge in [-0.15, -0.1) is 0 Å². The minimum absolute atomic E-state index is 0. The molecule has 0 radical (unpaired) electrons. The quantitative estimate of drug-likeness (QED) is 0.595. The summed E-state index contributed by atoms with van der Waals surface area (Å²) >= 11 is 0. The molecule has 0 spiro atoms. The summed E-state index contributed by atoms with van der Waals surface area (Å²) in [6.45, 7) is 3.08. The van der Waals surface area contributed by atoms with Crippen LogP contribution in [0.4, 0.5) is 5.69 Å². The predicted octanol–water partition coefficient (Wildman–Crippen LogP) is 0.934. The molecule has 0 heterocycles. The van der Waals surface area contributed by atoms with Crippen molar-refractivity contribution in [3.8, 4) is 0 Å². The van der Waals surface area contributed by atoms with Crippen LogP contribution in [0.25, 0.3) is 0 Å². The summed E-state index contributed by atoms with van der Waals surface area (Å²) in [6.07, 6.45) is 0. The monoisotopic (exact) mass is 135 g/mol. The minimum atomic E-state index is 0. The van der Waals surface area contributed by atoms with Gasteiger partial charge in [-0.25, -0.2) is 0 Å². The van der Waals surface area contributed by atoms with E-state index >= 15 is 0 Å². The maximum Gasteiger partial charge on any atom is 0.0814 e. The van der Waals surface area contributed by atoms with Crippen molar-refractivity contribution < 1.29 is 0 Å². The lowest BCUT2D eigenvalue weighted by Crippen LogP contribution is -1.94. The Balaban J connectivity index is 0.000000810. The van der Waals surface area contributed by atoms with Crippen LogP contribution < -0.4 is 5.32 Å². The zero-order chi connectivity index (χ0) is 6.53. The molecule has 2 heteroatoms. The Labute approximate surface area is 64.0 Å². The van der Waals surface area contributed by atoms with Crippen LogP contribution in [0.15, 0.2) is 30.3 Å². The second-order valence-electron chi connectivity index (χ2n) is 1.90. The van der Waals surface area contributed by atoms with E-state index in [0.717, 1.165) is 6.54 Å². The number of anilines is 1. The highest BCUT2D eigenvalue weighted by molar-refractivity contribution is 5.75. The van der Waals surface area contributed by atoms with Gasteiger partial charge in [-0.2, -0.15) is 0 Å². The molecule has 1 N–H and O–H groups in total. The second-order valence-corrected chi connectivity index (χ2v) is 1.90. The molecule has 1 aromatic rings. The standard InChI is InChI=1S/C8H11N.BH3/c1-2-9-8-6-4-3-5-7-8;/h3-7,9H,2H2,1H3;1H3. The summed E-state index contributed by atoms with van der Waals surface area (Å²) in [7, 11) is 0. The van der Waals surface area contributed by atoms with E-state index in [-0.39, 0.29) is 8.41 Å². The van der Waals surface area contributed by atoms with Crippen LogP contribution in [0, 0.1) is 0 Å². The third-order valence-corrected chi connectivity index (χ3v) is 1.15. The molecule has 10 heavy (non-hydrogen) atoms. The Morgan fingerprint density at radius 3 is 2.30 bits per heavy atom. The number of hydrogen-bond donors (Lipinski definition) is 1. The molecule has 1 rings (SSSR count). The summed E-state index contributed by atoms with van der Waals surface area (Å²) in [5, 5.41) is 3.21. The highest BCUT2D eigenvalue weighted by Gasteiger charge is 1.81. The topological polar surface area (TPSA) is 12.0 Å². The van der Waals surface area contributed by atoms with E-state index in [1.807, 2.05) is 18.2 Å². The van der Waals surface area contributed by atoms with Gasteiger partial charge in [-0.3, -0.25) is 0 Å². The molecule has 0 amide bonds. The molecule has 0 aromatic heterocycles. The van der Waals surface area contributed by atoms with E-state index in [1.165, 1.54) is 5.69 Å². The second kappa shape index (κ2) is 4.92. The van der Waals surface area contributed by atoms with Gasteiger partial charge in [0.05, 0.1) is 8.41 Å². The Hall–Kier alpha value is -0.915. The van der Waals surface area contributed by atoms with Crippen molar-refractivity contribution in [1.82, 2.24) is 0 Å². The Kier molecular flexibility index (Phi) is 4.47. The molecule has 0 bridgehead atoms. The van der Waals surface area contributed by atoms with Crippen LogP contribution in [-0.4, -0.2) is 15.0 Å². The first-order chi connectivity index (χ1) is 4.43. The fourth-order valence-electron chi connectivity index (χ4n) is 0.760. The zero-order valence-electron chi connectivity index (χ0n) is 5.59. The van der Waals surface area contributed by atoms with E-state index in [1.54, 1.807) is 0 Å². The molecule has 0 saturated heterocycles. The van der Waals surface area contributed by atoms with Crippen molar-refractivity contribution >= 4 is 14.1 Å². The molecule has 0 unspecified atom stereocenters. The van der Waals surface area contributed by atoms with Crippen molar-refractivity contribution in [3.05, 3.63) is 30.3 Å². The highest BCUT2D eigenvalue weighted by atomic mass is 14.8. The molecule has 0 aliphatic carbocycles. The average Bonchev–Trinajstić information content (AvgIpc) is 1.91. The molecule has 0 atom stereocenters. The van der Waals surface area contributed by atoms with E-state index < -0.39 is 0 Å². The molecular formula is C8H14BN. The van der Waals surface area contributed by atoms with Gasteiger partial charge in [-0.1, -0.05) is 18.2 Å². The molecule has 0 saturated carbocycles. The van der Waals surface area contributed by atoms with Crippen LogP contribution in [0.1, 0.15) is 6.92 Å². The fraction of sp³-hybridized carbons (Fsp3) is 0.250. The summed E-state index contributed by atoms with van der Waals surface area (Å²) < 4.78 is 0. The van der Waals surface area contributed by atoms with Gasteiger partial charge >= 0.3 is 0 Å². The first kappa shape index (κ1) is 9.08. The normalized spacial score (nSPS) is 8.10. The maximum absolute atomic E-state index is 3.21. The molecule has 1 aromatic carbocycles.